The van der Waals surface area contributed by atoms with Gasteiger partial charge in [-0.1, -0.05) is 67.9 Å². The quantitative estimate of drug-likeness (QED) is 0.0999. The van der Waals surface area contributed by atoms with E-state index in [4.69, 9.17) is 14.2 Å². The van der Waals surface area contributed by atoms with Gasteiger partial charge in [0.25, 0.3) is 0 Å². The van der Waals surface area contributed by atoms with Crippen molar-refractivity contribution in [2.75, 3.05) is 31.8 Å². The molecule has 40 heavy (non-hydrogen) atoms. The summed E-state index contributed by atoms with van der Waals surface area (Å²) >= 11 is 0. The molecule has 0 spiro atoms. The van der Waals surface area contributed by atoms with E-state index in [1.165, 1.54) is 35.2 Å². The van der Waals surface area contributed by atoms with E-state index in [9.17, 15) is 9.90 Å². The van der Waals surface area contributed by atoms with E-state index >= 15 is 0 Å². The maximum Gasteiger partial charge on any atom is 0.371 e. The highest BCUT2D eigenvalue weighted by Crippen LogP contribution is 2.33. The lowest BCUT2D eigenvalue weighted by molar-refractivity contribution is -0.135. The second kappa shape index (κ2) is 14.1. The minimum absolute atomic E-state index is 0.140. The van der Waals surface area contributed by atoms with Crippen molar-refractivity contribution in [1.82, 2.24) is 0 Å². The average molecular weight is 540 g/mol. The number of rotatable bonds is 14. The van der Waals surface area contributed by atoms with Gasteiger partial charge in [-0.3, -0.25) is 0 Å². The maximum atomic E-state index is 11.3. The molecule has 0 saturated carbocycles. The molecule has 208 valence electrons. The Bertz CT molecular complexity index is 1440. The summed E-state index contributed by atoms with van der Waals surface area (Å²) in [4.78, 5) is 13.7. The number of hydrogen-bond donors (Lipinski definition) is 1. The first kappa shape index (κ1) is 28.6. The summed E-state index contributed by atoms with van der Waals surface area (Å²) in [6, 6.07) is 28.9. The van der Waals surface area contributed by atoms with Crippen LogP contribution >= 0.6 is 0 Å². The summed E-state index contributed by atoms with van der Waals surface area (Å²) in [5.74, 6) is -0.0421. The van der Waals surface area contributed by atoms with E-state index in [2.05, 4.69) is 85.5 Å². The van der Waals surface area contributed by atoms with E-state index in [0.717, 1.165) is 31.5 Å². The van der Waals surface area contributed by atoms with Crippen LogP contribution in [0.15, 0.2) is 90.7 Å². The Morgan fingerprint density at radius 3 is 2.35 bits per heavy atom. The Balaban J connectivity index is 1.44. The average Bonchev–Trinajstić information content (AvgIpc) is 2.98. The lowest BCUT2D eigenvalue weighted by atomic mass is 10.1. The Labute approximate surface area is 236 Å². The first-order valence-corrected chi connectivity index (χ1v) is 13.8. The zero-order chi connectivity index (χ0) is 28.3. The van der Waals surface area contributed by atoms with Crippen molar-refractivity contribution in [3.63, 3.8) is 0 Å². The summed E-state index contributed by atoms with van der Waals surface area (Å²) in [5, 5.41) is 11.7. The van der Waals surface area contributed by atoms with E-state index in [1.807, 2.05) is 6.07 Å². The Morgan fingerprint density at radius 2 is 1.62 bits per heavy atom. The molecule has 0 unspecified atom stereocenters. The van der Waals surface area contributed by atoms with Gasteiger partial charge >= 0.3 is 5.97 Å². The van der Waals surface area contributed by atoms with Crippen molar-refractivity contribution >= 4 is 34.2 Å². The number of fused-ring (bicyclic) bond motifs is 1. The monoisotopic (exact) mass is 539 g/mol. The fraction of sp³-hybridized carbons (Fsp3) is 0.265. The zero-order valence-corrected chi connectivity index (χ0v) is 23.4. The summed E-state index contributed by atoms with van der Waals surface area (Å²) in [7, 11) is 1.34. The highest BCUT2D eigenvalue weighted by Gasteiger charge is 2.12. The number of unbranched alkanes of at least 4 members (excludes halogenated alkanes) is 1. The van der Waals surface area contributed by atoms with Crippen molar-refractivity contribution in [3.05, 3.63) is 102 Å². The number of carboxylic acid groups (broad SMARTS) is 1. The predicted molar refractivity (Wildman–Crippen MR) is 162 cm³/mol. The molecule has 6 heteroatoms. The third-order valence-corrected chi connectivity index (χ3v) is 6.72. The summed E-state index contributed by atoms with van der Waals surface area (Å²) < 4.78 is 17.1. The molecule has 0 saturated heterocycles. The molecule has 0 heterocycles. The molecule has 0 aliphatic rings. The van der Waals surface area contributed by atoms with Crippen molar-refractivity contribution in [2.45, 2.75) is 33.1 Å². The van der Waals surface area contributed by atoms with Crippen LogP contribution in [0.25, 0.3) is 16.8 Å². The van der Waals surface area contributed by atoms with Crippen molar-refractivity contribution in [2.24, 2.45) is 0 Å². The van der Waals surface area contributed by atoms with Crippen LogP contribution in [0.1, 0.15) is 37.8 Å². The van der Waals surface area contributed by atoms with E-state index in [-0.39, 0.29) is 5.76 Å². The highest BCUT2D eigenvalue weighted by atomic mass is 16.5. The highest BCUT2D eigenvalue weighted by molar-refractivity contribution is 5.96. The third-order valence-electron chi connectivity index (χ3n) is 6.72. The molecule has 0 amide bonds. The van der Waals surface area contributed by atoms with Crippen LogP contribution in [-0.2, 0) is 16.0 Å². The summed E-state index contributed by atoms with van der Waals surface area (Å²) in [5.41, 5.74) is 4.19. The molecule has 1 N–H and O–H groups in total. The third kappa shape index (κ3) is 7.14. The van der Waals surface area contributed by atoms with Crippen LogP contribution < -0.4 is 14.4 Å². The van der Waals surface area contributed by atoms with E-state index in [1.54, 1.807) is 12.1 Å². The molecule has 0 bridgehead atoms. The molecule has 0 fully saturated rings. The number of hydrogen-bond acceptors (Lipinski definition) is 5. The lowest BCUT2D eigenvalue weighted by Gasteiger charge is -2.25. The second-order valence-corrected chi connectivity index (χ2v) is 9.43. The SMILES string of the molecule is CCCCOc1cc(/C=C(\OC)C(=O)O)ccc1OCCc1ccc(N(CC)c2cccc3ccccc23)cc1. The number of carboxylic acids is 1. The maximum absolute atomic E-state index is 11.3. The fourth-order valence-corrected chi connectivity index (χ4v) is 4.59. The Morgan fingerprint density at radius 1 is 0.875 bits per heavy atom. The van der Waals surface area contributed by atoms with Gasteiger partial charge in [0, 0.05) is 29.7 Å². The molecule has 6 nitrogen and oxygen atoms in total. The van der Waals surface area contributed by atoms with E-state index in [0.29, 0.717) is 30.3 Å². The van der Waals surface area contributed by atoms with Gasteiger partial charge in [0.1, 0.15) is 0 Å². The first-order valence-electron chi connectivity index (χ1n) is 13.8. The van der Waals surface area contributed by atoms with Crippen LogP contribution in [0.5, 0.6) is 11.5 Å². The first-order chi connectivity index (χ1) is 19.5. The number of benzene rings is 4. The number of ether oxygens (including phenoxy) is 3. The minimum atomic E-state index is -1.12. The summed E-state index contributed by atoms with van der Waals surface area (Å²) in [6.45, 7) is 6.17. The van der Waals surface area contributed by atoms with Gasteiger partial charge in [-0.2, -0.15) is 0 Å². The van der Waals surface area contributed by atoms with Crippen molar-refractivity contribution in [3.8, 4) is 11.5 Å². The number of anilines is 2. The normalized spacial score (nSPS) is 11.3. The Hall–Kier alpha value is -4.45. The molecule has 0 aliphatic heterocycles. The number of carbonyl (C=O) groups is 1. The molecule has 4 aromatic rings. The van der Waals surface area contributed by atoms with Crippen LogP contribution in [0.2, 0.25) is 0 Å². The molecule has 0 aromatic heterocycles. The summed E-state index contributed by atoms with van der Waals surface area (Å²) in [6.07, 6.45) is 4.13. The standard InChI is InChI=1S/C34H37NO5/c1-4-6-21-39-32-23-26(24-33(38-3)34(36)37)16-19-31(32)40-22-20-25-14-17-28(18-15-25)35(5-2)30-13-9-11-27-10-7-8-12-29(27)30/h7-19,23-24H,4-6,20-22H2,1-3H3,(H,36,37)/b33-24-. The molecule has 0 radical (unpaired) electrons. The van der Waals surface area contributed by atoms with Gasteiger partial charge in [-0.25, -0.2) is 4.79 Å². The number of aliphatic carboxylic acids is 1. The van der Waals surface area contributed by atoms with Crippen LogP contribution in [0.3, 0.4) is 0 Å². The number of nitrogens with zero attached hydrogens (tertiary/aromatic N) is 1. The molecule has 4 aromatic carbocycles. The van der Waals surface area contributed by atoms with Gasteiger partial charge in [-0.15, -0.1) is 0 Å². The van der Waals surface area contributed by atoms with Gasteiger partial charge in [0.05, 0.1) is 20.3 Å². The van der Waals surface area contributed by atoms with Gasteiger partial charge in [-0.05, 0) is 66.3 Å². The largest absolute Gasteiger partial charge is 0.490 e. The van der Waals surface area contributed by atoms with Crippen molar-refractivity contribution < 1.29 is 24.1 Å². The van der Waals surface area contributed by atoms with Gasteiger partial charge in [0.15, 0.2) is 11.5 Å². The predicted octanol–water partition coefficient (Wildman–Crippen LogP) is 7.87. The van der Waals surface area contributed by atoms with Crippen molar-refractivity contribution in [1.29, 1.82) is 0 Å². The zero-order valence-electron chi connectivity index (χ0n) is 23.4. The van der Waals surface area contributed by atoms with E-state index < -0.39 is 5.97 Å². The molecule has 0 atom stereocenters. The molecular formula is C34H37NO5. The molecule has 4 rings (SSSR count). The molecule has 0 aliphatic carbocycles. The second-order valence-electron chi connectivity index (χ2n) is 9.43. The van der Waals surface area contributed by atoms with Crippen LogP contribution in [0.4, 0.5) is 11.4 Å². The van der Waals surface area contributed by atoms with Crippen LogP contribution in [-0.4, -0.2) is 37.9 Å². The molecular weight excluding hydrogens is 502 g/mol. The fourth-order valence-electron chi connectivity index (χ4n) is 4.59. The Kier molecular flexibility index (Phi) is 10.1. The minimum Gasteiger partial charge on any atom is -0.490 e. The van der Waals surface area contributed by atoms with Crippen LogP contribution in [0, 0.1) is 0 Å². The van der Waals surface area contributed by atoms with Gasteiger partial charge < -0.3 is 24.2 Å². The lowest BCUT2D eigenvalue weighted by Crippen LogP contribution is -2.16. The van der Waals surface area contributed by atoms with Gasteiger partial charge in [0.2, 0.25) is 5.76 Å². The number of methoxy groups -OCH3 is 1. The topological polar surface area (TPSA) is 68.2 Å². The smallest absolute Gasteiger partial charge is 0.371 e.